The summed E-state index contributed by atoms with van der Waals surface area (Å²) in [5, 5.41) is 4.84. The van der Waals surface area contributed by atoms with Crippen molar-refractivity contribution in [1.82, 2.24) is 20.2 Å². The molecule has 0 radical (unpaired) electrons. The first-order valence-electron chi connectivity index (χ1n) is 9.89. The Bertz CT molecular complexity index is 1040. The molecule has 0 fully saturated rings. The number of hydrogen-bond donors (Lipinski definition) is 2. The van der Waals surface area contributed by atoms with Gasteiger partial charge < -0.3 is 10.1 Å². The molecule has 9 nitrogen and oxygen atoms in total. The SMILES string of the molecule is C=CCNC(=O)NC(=O)COC(=O)c1ccc2c(=O)n3c(nc2c1)CCCCCC3. The lowest BCUT2D eigenvalue weighted by Gasteiger charge is -2.16. The first kappa shape index (κ1) is 21.2. The van der Waals surface area contributed by atoms with Gasteiger partial charge in [-0.15, -0.1) is 6.58 Å². The Hall–Kier alpha value is -3.49. The van der Waals surface area contributed by atoms with Crippen LogP contribution in [0.5, 0.6) is 0 Å². The smallest absolute Gasteiger partial charge is 0.338 e. The number of imide groups is 1. The van der Waals surface area contributed by atoms with Crippen molar-refractivity contribution in [2.75, 3.05) is 13.2 Å². The summed E-state index contributed by atoms with van der Waals surface area (Å²) in [5.41, 5.74) is 0.491. The Kier molecular flexibility index (Phi) is 6.95. The zero-order chi connectivity index (χ0) is 21.5. The monoisotopic (exact) mass is 412 g/mol. The van der Waals surface area contributed by atoms with E-state index in [2.05, 4.69) is 16.9 Å². The molecule has 1 aliphatic heterocycles. The van der Waals surface area contributed by atoms with E-state index in [-0.39, 0.29) is 17.7 Å². The molecule has 0 spiro atoms. The number of aromatic nitrogens is 2. The first-order valence-corrected chi connectivity index (χ1v) is 9.89. The Morgan fingerprint density at radius 1 is 1.20 bits per heavy atom. The zero-order valence-corrected chi connectivity index (χ0v) is 16.6. The Balaban J connectivity index is 1.71. The number of nitrogens with one attached hydrogen (secondary N) is 2. The van der Waals surface area contributed by atoms with Gasteiger partial charge in [0.2, 0.25) is 0 Å². The minimum Gasteiger partial charge on any atom is -0.452 e. The van der Waals surface area contributed by atoms with E-state index in [1.165, 1.54) is 18.2 Å². The molecule has 1 aliphatic rings. The number of rotatable bonds is 5. The fourth-order valence-electron chi connectivity index (χ4n) is 3.31. The molecule has 158 valence electrons. The van der Waals surface area contributed by atoms with Gasteiger partial charge in [0.15, 0.2) is 6.61 Å². The van der Waals surface area contributed by atoms with Crippen LogP contribution in [-0.4, -0.2) is 40.6 Å². The van der Waals surface area contributed by atoms with E-state index in [0.29, 0.717) is 23.9 Å². The number of ether oxygens (including phenoxy) is 1. The summed E-state index contributed by atoms with van der Waals surface area (Å²) < 4.78 is 6.68. The average Bonchev–Trinajstić information content (AvgIpc) is 2.71. The van der Waals surface area contributed by atoms with Crippen LogP contribution in [0.4, 0.5) is 4.79 Å². The van der Waals surface area contributed by atoms with Crippen molar-refractivity contribution in [3.05, 3.63) is 52.6 Å². The molecular weight excluding hydrogens is 388 g/mol. The largest absolute Gasteiger partial charge is 0.452 e. The number of urea groups is 1. The zero-order valence-electron chi connectivity index (χ0n) is 16.6. The van der Waals surface area contributed by atoms with Gasteiger partial charge in [0.25, 0.3) is 11.5 Å². The quantitative estimate of drug-likeness (QED) is 0.570. The van der Waals surface area contributed by atoms with Crippen LogP contribution in [0.1, 0.15) is 41.9 Å². The molecular formula is C21H24N4O5. The first-order chi connectivity index (χ1) is 14.5. The molecule has 3 rings (SSSR count). The van der Waals surface area contributed by atoms with E-state index in [9.17, 15) is 19.2 Å². The number of hydrogen-bond acceptors (Lipinski definition) is 6. The molecule has 2 aromatic rings. The highest BCUT2D eigenvalue weighted by atomic mass is 16.5. The van der Waals surface area contributed by atoms with Crippen LogP contribution in [0.25, 0.3) is 10.9 Å². The third-order valence-electron chi connectivity index (χ3n) is 4.80. The maximum atomic E-state index is 12.8. The standard InChI is InChI=1S/C21H24N4O5/c1-2-10-22-21(29)24-18(26)13-30-20(28)14-8-9-15-16(12-14)23-17-7-5-3-4-6-11-25(17)19(15)27/h2,8-9,12H,1,3-7,10-11,13H2,(H2,22,24,26,29). The highest BCUT2D eigenvalue weighted by Crippen LogP contribution is 2.16. The highest BCUT2D eigenvalue weighted by Gasteiger charge is 2.16. The van der Waals surface area contributed by atoms with Crippen molar-refractivity contribution >= 4 is 28.8 Å². The molecule has 0 saturated heterocycles. The second-order valence-electron chi connectivity index (χ2n) is 7.00. The van der Waals surface area contributed by atoms with Crippen LogP contribution in [0, 0.1) is 0 Å². The molecule has 30 heavy (non-hydrogen) atoms. The maximum absolute atomic E-state index is 12.8. The fourth-order valence-corrected chi connectivity index (χ4v) is 3.31. The minimum atomic E-state index is -0.761. The van der Waals surface area contributed by atoms with Gasteiger partial charge >= 0.3 is 12.0 Å². The Labute approximate surface area is 173 Å². The molecule has 1 aromatic heterocycles. The number of nitrogens with zero attached hydrogens (tertiary/aromatic N) is 2. The summed E-state index contributed by atoms with van der Waals surface area (Å²) in [6.07, 6.45) is 6.29. The molecule has 9 heteroatoms. The second-order valence-corrected chi connectivity index (χ2v) is 7.00. The lowest BCUT2D eigenvalue weighted by atomic mass is 10.1. The topological polar surface area (TPSA) is 119 Å². The normalized spacial score (nSPS) is 13.5. The number of fused-ring (bicyclic) bond motifs is 2. The van der Waals surface area contributed by atoms with Gasteiger partial charge in [0.1, 0.15) is 5.82 Å². The van der Waals surface area contributed by atoms with Crippen LogP contribution in [0.3, 0.4) is 0 Å². The van der Waals surface area contributed by atoms with Gasteiger partial charge in [-0.25, -0.2) is 14.6 Å². The lowest BCUT2D eigenvalue weighted by molar-refractivity contribution is -0.123. The molecule has 0 unspecified atom stereocenters. The molecule has 1 aromatic carbocycles. The number of esters is 1. The number of carbonyl (C=O) groups excluding carboxylic acids is 3. The third kappa shape index (κ3) is 5.11. The lowest BCUT2D eigenvalue weighted by Crippen LogP contribution is -2.41. The average molecular weight is 412 g/mol. The molecule has 0 bridgehead atoms. The molecule has 0 saturated carbocycles. The van der Waals surface area contributed by atoms with Crippen LogP contribution in [-0.2, 0) is 22.5 Å². The van der Waals surface area contributed by atoms with Crippen molar-refractivity contribution in [3.63, 3.8) is 0 Å². The Morgan fingerprint density at radius 2 is 2.00 bits per heavy atom. The highest BCUT2D eigenvalue weighted by molar-refractivity contribution is 5.98. The summed E-state index contributed by atoms with van der Waals surface area (Å²) in [6, 6.07) is 3.81. The maximum Gasteiger partial charge on any atom is 0.338 e. The second kappa shape index (κ2) is 9.82. The molecule has 2 heterocycles. The number of amides is 3. The van der Waals surface area contributed by atoms with Crippen LogP contribution in [0.2, 0.25) is 0 Å². The van der Waals surface area contributed by atoms with Crippen molar-refractivity contribution in [2.45, 2.75) is 38.6 Å². The minimum absolute atomic E-state index is 0.110. The molecule has 2 N–H and O–H groups in total. The van der Waals surface area contributed by atoms with Gasteiger partial charge in [0.05, 0.1) is 16.5 Å². The number of benzene rings is 1. The van der Waals surface area contributed by atoms with Crippen LogP contribution >= 0.6 is 0 Å². The summed E-state index contributed by atoms with van der Waals surface area (Å²) in [5.74, 6) is -0.779. The van der Waals surface area contributed by atoms with E-state index in [0.717, 1.165) is 31.5 Å². The Morgan fingerprint density at radius 3 is 2.80 bits per heavy atom. The summed E-state index contributed by atoms with van der Waals surface area (Å²) in [7, 11) is 0. The van der Waals surface area contributed by atoms with E-state index in [1.807, 2.05) is 5.32 Å². The number of aryl methyl sites for hydroxylation is 1. The van der Waals surface area contributed by atoms with E-state index >= 15 is 0 Å². The molecule has 0 aliphatic carbocycles. The summed E-state index contributed by atoms with van der Waals surface area (Å²) in [6.45, 7) is 3.68. The van der Waals surface area contributed by atoms with Crippen molar-refractivity contribution in [1.29, 1.82) is 0 Å². The van der Waals surface area contributed by atoms with Crippen molar-refractivity contribution in [3.8, 4) is 0 Å². The van der Waals surface area contributed by atoms with Crippen molar-refractivity contribution in [2.24, 2.45) is 0 Å². The van der Waals surface area contributed by atoms with E-state index < -0.39 is 24.5 Å². The predicted molar refractivity (Wildman–Crippen MR) is 110 cm³/mol. The van der Waals surface area contributed by atoms with Gasteiger partial charge in [-0.3, -0.25) is 19.5 Å². The van der Waals surface area contributed by atoms with Gasteiger partial charge in [-0.2, -0.15) is 0 Å². The van der Waals surface area contributed by atoms with Gasteiger partial charge in [-0.1, -0.05) is 18.9 Å². The van der Waals surface area contributed by atoms with E-state index in [4.69, 9.17) is 4.74 Å². The van der Waals surface area contributed by atoms with Crippen LogP contribution in [0.15, 0.2) is 35.6 Å². The van der Waals surface area contributed by atoms with Gasteiger partial charge in [0, 0.05) is 19.5 Å². The van der Waals surface area contributed by atoms with Crippen LogP contribution < -0.4 is 16.2 Å². The number of carbonyl (C=O) groups is 3. The van der Waals surface area contributed by atoms with Crippen molar-refractivity contribution < 1.29 is 19.1 Å². The third-order valence-corrected chi connectivity index (χ3v) is 4.80. The predicted octanol–water partition coefficient (Wildman–Crippen LogP) is 1.68. The summed E-state index contributed by atoms with van der Waals surface area (Å²) in [4.78, 5) is 52.8. The fraction of sp³-hybridized carbons (Fsp3) is 0.381. The molecule has 3 amide bonds. The van der Waals surface area contributed by atoms with E-state index in [1.54, 1.807) is 10.6 Å². The molecule has 0 atom stereocenters. The summed E-state index contributed by atoms with van der Waals surface area (Å²) >= 11 is 0. The van der Waals surface area contributed by atoms with Gasteiger partial charge in [-0.05, 0) is 31.0 Å².